The van der Waals surface area contributed by atoms with Crippen LogP contribution in [0.4, 0.5) is 0 Å². The maximum atomic E-state index is 12.1. The summed E-state index contributed by atoms with van der Waals surface area (Å²) in [6.45, 7) is 2.65. The van der Waals surface area contributed by atoms with E-state index in [0.717, 1.165) is 30.6 Å². The van der Waals surface area contributed by atoms with Crippen LogP contribution in [-0.4, -0.2) is 31.0 Å². The Hall–Kier alpha value is -1.55. The Kier molecular flexibility index (Phi) is 6.36. The molecule has 0 radical (unpaired) electrons. The number of nitrogens with two attached hydrogens (primary N) is 1. The van der Waals surface area contributed by atoms with E-state index in [4.69, 9.17) is 10.5 Å². The zero-order chi connectivity index (χ0) is 14.3. The number of hydrogen-bond acceptors (Lipinski definition) is 3. The molecule has 19 heavy (non-hydrogen) atoms. The molecule has 0 aliphatic carbocycles. The van der Waals surface area contributed by atoms with Gasteiger partial charge < -0.3 is 15.4 Å². The Bertz CT molecular complexity index is 407. The van der Waals surface area contributed by atoms with Gasteiger partial charge in [0.05, 0.1) is 13.2 Å². The van der Waals surface area contributed by atoms with Gasteiger partial charge >= 0.3 is 0 Å². The van der Waals surface area contributed by atoms with Crippen molar-refractivity contribution >= 4 is 5.91 Å². The summed E-state index contributed by atoms with van der Waals surface area (Å²) in [4.78, 5) is 13.8. The number of amides is 1. The molecule has 1 aromatic carbocycles. The first kappa shape index (κ1) is 15.5. The first-order chi connectivity index (χ1) is 9.08. The van der Waals surface area contributed by atoms with E-state index in [2.05, 4.69) is 6.92 Å². The Balaban J connectivity index is 2.57. The number of rotatable bonds is 7. The van der Waals surface area contributed by atoms with Crippen molar-refractivity contribution in [1.82, 2.24) is 4.90 Å². The van der Waals surface area contributed by atoms with E-state index in [-0.39, 0.29) is 5.91 Å². The van der Waals surface area contributed by atoms with Crippen LogP contribution in [0.25, 0.3) is 0 Å². The van der Waals surface area contributed by atoms with E-state index < -0.39 is 6.04 Å². The van der Waals surface area contributed by atoms with Crippen LogP contribution in [0.5, 0.6) is 5.75 Å². The fourth-order valence-electron chi connectivity index (χ4n) is 1.95. The number of carbonyl (C=O) groups is 1. The molecule has 0 spiro atoms. The van der Waals surface area contributed by atoms with Gasteiger partial charge in [-0.15, -0.1) is 0 Å². The van der Waals surface area contributed by atoms with Gasteiger partial charge in [0.1, 0.15) is 5.75 Å². The van der Waals surface area contributed by atoms with Crippen molar-refractivity contribution < 1.29 is 9.53 Å². The van der Waals surface area contributed by atoms with Crippen LogP contribution in [0.1, 0.15) is 31.7 Å². The molecule has 1 aromatic rings. The van der Waals surface area contributed by atoms with Crippen LogP contribution in [0.3, 0.4) is 0 Å². The summed E-state index contributed by atoms with van der Waals surface area (Å²) < 4.78 is 5.17. The zero-order valence-electron chi connectivity index (χ0n) is 12.1. The van der Waals surface area contributed by atoms with Crippen LogP contribution >= 0.6 is 0 Å². The third-order valence-electron chi connectivity index (χ3n) is 3.12. The molecular weight excluding hydrogens is 240 g/mol. The van der Waals surface area contributed by atoms with Gasteiger partial charge in [0.25, 0.3) is 0 Å². The van der Waals surface area contributed by atoms with Crippen LogP contribution < -0.4 is 10.5 Å². The van der Waals surface area contributed by atoms with Gasteiger partial charge in [-0.3, -0.25) is 4.79 Å². The molecule has 0 bridgehead atoms. The minimum atomic E-state index is -0.393. The van der Waals surface area contributed by atoms with Crippen LogP contribution in [0.15, 0.2) is 24.3 Å². The highest BCUT2D eigenvalue weighted by Gasteiger charge is 2.17. The molecule has 4 nitrogen and oxygen atoms in total. The van der Waals surface area contributed by atoms with Crippen molar-refractivity contribution in [3.63, 3.8) is 0 Å². The number of benzene rings is 1. The summed E-state index contributed by atoms with van der Waals surface area (Å²) in [6, 6.07) is 7.32. The predicted molar refractivity (Wildman–Crippen MR) is 77.0 cm³/mol. The van der Waals surface area contributed by atoms with E-state index in [1.807, 2.05) is 24.3 Å². The van der Waals surface area contributed by atoms with Crippen LogP contribution in [0, 0.1) is 0 Å². The first-order valence-corrected chi connectivity index (χ1v) is 6.72. The molecule has 0 aromatic heterocycles. The van der Waals surface area contributed by atoms with Crippen LogP contribution in [0.2, 0.25) is 0 Å². The third kappa shape index (κ3) is 4.91. The van der Waals surface area contributed by atoms with E-state index in [1.165, 1.54) is 0 Å². The average molecular weight is 264 g/mol. The molecule has 1 amide bonds. The largest absolute Gasteiger partial charge is 0.497 e. The Morgan fingerprint density at radius 1 is 1.47 bits per heavy atom. The average Bonchev–Trinajstić information content (AvgIpc) is 2.43. The number of unbranched alkanes of at least 4 members (excludes halogenated alkanes) is 1. The van der Waals surface area contributed by atoms with Crippen molar-refractivity contribution in [3.05, 3.63) is 29.8 Å². The SMILES string of the molecule is CCCC[C@H](N)C(=O)N(C)Cc1cccc(OC)c1. The van der Waals surface area contributed by atoms with Gasteiger partial charge in [0.2, 0.25) is 5.91 Å². The third-order valence-corrected chi connectivity index (χ3v) is 3.12. The highest BCUT2D eigenvalue weighted by atomic mass is 16.5. The number of hydrogen-bond donors (Lipinski definition) is 1. The minimum absolute atomic E-state index is 0.00345. The summed E-state index contributed by atoms with van der Waals surface area (Å²) in [7, 11) is 3.42. The lowest BCUT2D eigenvalue weighted by Gasteiger charge is -2.21. The highest BCUT2D eigenvalue weighted by molar-refractivity contribution is 5.81. The molecule has 0 aliphatic heterocycles. The van der Waals surface area contributed by atoms with E-state index >= 15 is 0 Å². The molecule has 1 rings (SSSR count). The fourth-order valence-corrected chi connectivity index (χ4v) is 1.95. The smallest absolute Gasteiger partial charge is 0.239 e. The molecule has 0 fully saturated rings. The van der Waals surface area contributed by atoms with Gasteiger partial charge in [-0.05, 0) is 24.1 Å². The predicted octanol–water partition coefficient (Wildman–Crippen LogP) is 2.17. The first-order valence-electron chi connectivity index (χ1n) is 6.72. The monoisotopic (exact) mass is 264 g/mol. The second-order valence-corrected chi connectivity index (χ2v) is 4.79. The van der Waals surface area contributed by atoms with E-state index in [1.54, 1.807) is 19.1 Å². The molecule has 0 unspecified atom stereocenters. The van der Waals surface area contributed by atoms with Gasteiger partial charge in [-0.25, -0.2) is 0 Å². The van der Waals surface area contributed by atoms with Crippen molar-refractivity contribution in [2.45, 2.75) is 38.8 Å². The fraction of sp³-hybridized carbons (Fsp3) is 0.533. The standard InChI is InChI=1S/C15H24N2O2/c1-4-5-9-14(16)15(18)17(2)11-12-7-6-8-13(10-12)19-3/h6-8,10,14H,4-5,9,11,16H2,1-3H3/t14-/m0/s1. The summed E-state index contributed by atoms with van der Waals surface area (Å²) in [5.74, 6) is 0.796. The van der Waals surface area contributed by atoms with Crippen molar-refractivity contribution in [2.24, 2.45) is 5.73 Å². The lowest BCUT2D eigenvalue weighted by molar-refractivity contribution is -0.132. The number of carbonyl (C=O) groups excluding carboxylic acids is 1. The summed E-state index contributed by atoms with van der Waals surface area (Å²) >= 11 is 0. The van der Waals surface area contributed by atoms with E-state index in [9.17, 15) is 4.79 Å². The lowest BCUT2D eigenvalue weighted by Crippen LogP contribution is -2.41. The Morgan fingerprint density at radius 3 is 2.84 bits per heavy atom. The van der Waals surface area contributed by atoms with E-state index in [0.29, 0.717) is 6.54 Å². The molecule has 2 N–H and O–H groups in total. The summed E-state index contributed by atoms with van der Waals surface area (Å²) in [5, 5.41) is 0. The molecule has 0 heterocycles. The van der Waals surface area contributed by atoms with Gasteiger partial charge in [0, 0.05) is 13.6 Å². The maximum absolute atomic E-state index is 12.1. The second kappa shape index (κ2) is 7.79. The topological polar surface area (TPSA) is 55.6 Å². The highest BCUT2D eigenvalue weighted by Crippen LogP contribution is 2.14. The zero-order valence-corrected chi connectivity index (χ0v) is 12.1. The quantitative estimate of drug-likeness (QED) is 0.821. The summed E-state index contributed by atoms with van der Waals surface area (Å²) in [5.41, 5.74) is 6.94. The lowest BCUT2D eigenvalue weighted by atomic mass is 10.1. The number of nitrogens with zero attached hydrogens (tertiary/aromatic N) is 1. The van der Waals surface area contributed by atoms with Crippen molar-refractivity contribution in [1.29, 1.82) is 0 Å². The maximum Gasteiger partial charge on any atom is 0.239 e. The molecular formula is C15H24N2O2. The summed E-state index contributed by atoms with van der Waals surface area (Å²) in [6.07, 6.45) is 2.79. The second-order valence-electron chi connectivity index (χ2n) is 4.79. The number of methoxy groups -OCH3 is 1. The van der Waals surface area contributed by atoms with Crippen LogP contribution in [-0.2, 0) is 11.3 Å². The van der Waals surface area contributed by atoms with Gasteiger partial charge in [-0.1, -0.05) is 31.9 Å². The molecule has 0 saturated carbocycles. The van der Waals surface area contributed by atoms with Gasteiger partial charge in [-0.2, -0.15) is 0 Å². The normalized spacial score (nSPS) is 12.0. The molecule has 4 heteroatoms. The number of likely N-dealkylation sites (N-methyl/N-ethyl adjacent to an activating group) is 1. The number of ether oxygens (including phenoxy) is 1. The Morgan fingerprint density at radius 2 is 2.21 bits per heavy atom. The molecule has 106 valence electrons. The van der Waals surface area contributed by atoms with Crippen molar-refractivity contribution in [2.75, 3.05) is 14.2 Å². The Labute approximate surface area is 115 Å². The molecule has 0 saturated heterocycles. The molecule has 1 atom stereocenters. The van der Waals surface area contributed by atoms with Gasteiger partial charge in [0.15, 0.2) is 0 Å². The molecule has 0 aliphatic rings. The minimum Gasteiger partial charge on any atom is -0.497 e. The van der Waals surface area contributed by atoms with Crippen molar-refractivity contribution in [3.8, 4) is 5.75 Å².